The summed E-state index contributed by atoms with van der Waals surface area (Å²) >= 11 is 0. The Morgan fingerprint density at radius 3 is 2.56 bits per heavy atom. The summed E-state index contributed by atoms with van der Waals surface area (Å²) in [4.78, 5) is 11.0. The number of esters is 1. The van der Waals surface area contributed by atoms with Gasteiger partial charge in [-0.25, -0.2) is 9.18 Å². The van der Waals surface area contributed by atoms with Crippen molar-refractivity contribution in [1.29, 1.82) is 0 Å². The first kappa shape index (κ1) is 14.2. The van der Waals surface area contributed by atoms with Gasteiger partial charge in [0.1, 0.15) is 30.9 Å². The van der Waals surface area contributed by atoms with Gasteiger partial charge in [-0.1, -0.05) is 6.58 Å². The van der Waals surface area contributed by atoms with Gasteiger partial charge in [0.2, 0.25) is 0 Å². The van der Waals surface area contributed by atoms with Gasteiger partial charge in [-0.2, -0.15) is 0 Å². The van der Waals surface area contributed by atoms with Crippen LogP contribution in [0.5, 0.6) is 5.75 Å². The van der Waals surface area contributed by atoms with E-state index in [2.05, 4.69) is 6.58 Å². The standard InChI is InChI=1S/C13H15FO4/c1-9(2)13(16)18-8-11(15)7-17-12-5-3-10(14)4-6-12/h3-6,11,15H,1,7-8H2,2H3. The molecule has 0 aliphatic rings. The lowest BCUT2D eigenvalue weighted by Crippen LogP contribution is -2.25. The summed E-state index contributed by atoms with van der Waals surface area (Å²) in [5.41, 5.74) is 0.265. The van der Waals surface area contributed by atoms with Crippen LogP contribution in [-0.4, -0.2) is 30.4 Å². The largest absolute Gasteiger partial charge is 0.491 e. The molecule has 0 spiro atoms. The molecule has 1 aromatic carbocycles. The third-order valence-electron chi connectivity index (χ3n) is 2.01. The summed E-state index contributed by atoms with van der Waals surface area (Å²) in [6.07, 6.45) is -0.946. The van der Waals surface area contributed by atoms with Crippen LogP contribution >= 0.6 is 0 Å². The molecule has 0 radical (unpaired) electrons. The monoisotopic (exact) mass is 254 g/mol. The van der Waals surface area contributed by atoms with E-state index in [-0.39, 0.29) is 24.6 Å². The van der Waals surface area contributed by atoms with Crippen LogP contribution in [0.25, 0.3) is 0 Å². The topological polar surface area (TPSA) is 55.8 Å². The van der Waals surface area contributed by atoms with Crippen LogP contribution in [0.15, 0.2) is 36.4 Å². The van der Waals surface area contributed by atoms with Crippen LogP contribution in [0.4, 0.5) is 4.39 Å². The summed E-state index contributed by atoms with van der Waals surface area (Å²) in [5, 5.41) is 9.49. The molecule has 1 aromatic rings. The first-order valence-electron chi connectivity index (χ1n) is 5.38. The fraction of sp³-hybridized carbons (Fsp3) is 0.308. The third kappa shape index (κ3) is 4.97. The van der Waals surface area contributed by atoms with Crippen molar-refractivity contribution in [3.8, 4) is 5.75 Å². The molecule has 18 heavy (non-hydrogen) atoms. The second-order valence-corrected chi connectivity index (χ2v) is 3.80. The molecular weight excluding hydrogens is 239 g/mol. The molecule has 0 aliphatic carbocycles. The van der Waals surface area contributed by atoms with E-state index in [9.17, 15) is 14.3 Å². The van der Waals surface area contributed by atoms with Crippen molar-refractivity contribution >= 4 is 5.97 Å². The van der Waals surface area contributed by atoms with E-state index < -0.39 is 12.1 Å². The molecule has 0 bridgehead atoms. The molecule has 1 atom stereocenters. The van der Waals surface area contributed by atoms with Gasteiger partial charge >= 0.3 is 5.97 Å². The molecule has 1 rings (SSSR count). The van der Waals surface area contributed by atoms with Gasteiger partial charge in [-0.15, -0.1) is 0 Å². The average Bonchev–Trinajstić information content (AvgIpc) is 2.35. The fourth-order valence-corrected chi connectivity index (χ4v) is 1.07. The molecule has 0 amide bonds. The molecule has 1 unspecified atom stereocenters. The number of hydrogen-bond acceptors (Lipinski definition) is 4. The number of carbonyl (C=O) groups excluding carboxylic acids is 1. The van der Waals surface area contributed by atoms with Gasteiger partial charge in [0.15, 0.2) is 0 Å². The number of benzene rings is 1. The van der Waals surface area contributed by atoms with E-state index in [0.717, 1.165) is 0 Å². The van der Waals surface area contributed by atoms with Gasteiger partial charge < -0.3 is 14.6 Å². The van der Waals surface area contributed by atoms with Crippen molar-refractivity contribution in [3.05, 3.63) is 42.2 Å². The minimum atomic E-state index is -0.946. The zero-order valence-electron chi connectivity index (χ0n) is 10.1. The summed E-state index contributed by atoms with van der Waals surface area (Å²) in [5.74, 6) is -0.490. The van der Waals surface area contributed by atoms with Gasteiger partial charge in [0, 0.05) is 5.57 Å². The number of ether oxygens (including phenoxy) is 2. The van der Waals surface area contributed by atoms with Gasteiger partial charge in [-0.05, 0) is 31.2 Å². The van der Waals surface area contributed by atoms with Crippen LogP contribution in [0.2, 0.25) is 0 Å². The van der Waals surface area contributed by atoms with Crippen molar-refractivity contribution < 1.29 is 23.8 Å². The maximum absolute atomic E-state index is 12.6. The molecule has 0 heterocycles. The van der Waals surface area contributed by atoms with Crippen LogP contribution in [0.1, 0.15) is 6.92 Å². The number of carbonyl (C=O) groups is 1. The Morgan fingerprint density at radius 1 is 1.39 bits per heavy atom. The lowest BCUT2D eigenvalue weighted by molar-refractivity contribution is -0.142. The minimum Gasteiger partial charge on any atom is -0.491 e. The van der Waals surface area contributed by atoms with Crippen molar-refractivity contribution in [1.82, 2.24) is 0 Å². The lowest BCUT2D eigenvalue weighted by atomic mass is 10.3. The van der Waals surface area contributed by atoms with Crippen molar-refractivity contribution in [3.63, 3.8) is 0 Å². The van der Waals surface area contributed by atoms with E-state index >= 15 is 0 Å². The molecule has 0 aliphatic heterocycles. The highest BCUT2D eigenvalue weighted by Crippen LogP contribution is 2.11. The maximum Gasteiger partial charge on any atom is 0.333 e. The number of aliphatic hydroxyl groups excluding tert-OH is 1. The quantitative estimate of drug-likeness (QED) is 0.620. The zero-order chi connectivity index (χ0) is 13.5. The van der Waals surface area contributed by atoms with Crippen LogP contribution in [0.3, 0.4) is 0 Å². The average molecular weight is 254 g/mol. The molecule has 0 aromatic heterocycles. The number of hydrogen-bond donors (Lipinski definition) is 1. The second-order valence-electron chi connectivity index (χ2n) is 3.80. The van der Waals surface area contributed by atoms with E-state index in [1.165, 1.54) is 31.2 Å². The third-order valence-corrected chi connectivity index (χ3v) is 2.01. The number of halogens is 1. The Bertz CT molecular complexity index is 414. The smallest absolute Gasteiger partial charge is 0.333 e. The van der Waals surface area contributed by atoms with Crippen LogP contribution < -0.4 is 4.74 Å². The molecule has 0 saturated heterocycles. The Hall–Kier alpha value is -1.88. The normalized spacial score (nSPS) is 11.7. The van der Waals surface area contributed by atoms with Gasteiger partial charge in [0.05, 0.1) is 0 Å². The SMILES string of the molecule is C=C(C)C(=O)OCC(O)COc1ccc(F)cc1. The minimum absolute atomic E-state index is 0.0465. The number of aliphatic hydroxyl groups is 1. The molecule has 0 saturated carbocycles. The van der Waals surface area contributed by atoms with Crippen molar-refractivity contribution in [2.24, 2.45) is 0 Å². The summed E-state index contributed by atoms with van der Waals surface area (Å²) in [6.45, 7) is 4.71. The molecule has 1 N–H and O–H groups in total. The Labute approximate surface area is 105 Å². The van der Waals surface area contributed by atoms with Crippen molar-refractivity contribution in [2.45, 2.75) is 13.0 Å². The van der Waals surface area contributed by atoms with E-state index in [1.807, 2.05) is 0 Å². The Balaban J connectivity index is 2.28. The predicted octanol–water partition coefficient (Wildman–Crippen LogP) is 1.68. The highest BCUT2D eigenvalue weighted by atomic mass is 19.1. The Morgan fingerprint density at radius 2 is 2.00 bits per heavy atom. The summed E-state index contributed by atoms with van der Waals surface area (Å²) < 4.78 is 22.5. The highest BCUT2D eigenvalue weighted by molar-refractivity contribution is 5.86. The second kappa shape index (κ2) is 6.76. The highest BCUT2D eigenvalue weighted by Gasteiger charge is 2.10. The predicted molar refractivity (Wildman–Crippen MR) is 63.7 cm³/mol. The van der Waals surface area contributed by atoms with Crippen molar-refractivity contribution in [2.75, 3.05) is 13.2 Å². The van der Waals surface area contributed by atoms with E-state index in [1.54, 1.807) is 0 Å². The van der Waals surface area contributed by atoms with Gasteiger partial charge in [0.25, 0.3) is 0 Å². The molecule has 5 heteroatoms. The molecular formula is C13H15FO4. The maximum atomic E-state index is 12.6. The lowest BCUT2D eigenvalue weighted by Gasteiger charge is -2.12. The molecule has 0 fully saturated rings. The number of rotatable bonds is 6. The molecule has 98 valence electrons. The van der Waals surface area contributed by atoms with E-state index in [4.69, 9.17) is 9.47 Å². The zero-order valence-corrected chi connectivity index (χ0v) is 10.1. The summed E-state index contributed by atoms with van der Waals surface area (Å²) in [6, 6.07) is 5.40. The summed E-state index contributed by atoms with van der Waals surface area (Å²) in [7, 11) is 0. The van der Waals surface area contributed by atoms with Crippen LogP contribution in [0, 0.1) is 5.82 Å². The molecule has 4 nitrogen and oxygen atoms in total. The van der Waals surface area contributed by atoms with Gasteiger partial charge in [-0.3, -0.25) is 0 Å². The van der Waals surface area contributed by atoms with Crippen LogP contribution in [-0.2, 0) is 9.53 Å². The first-order valence-corrected chi connectivity index (χ1v) is 5.38. The van der Waals surface area contributed by atoms with E-state index in [0.29, 0.717) is 5.75 Å². The Kier molecular flexibility index (Phi) is 5.32. The fourth-order valence-electron chi connectivity index (χ4n) is 1.07. The first-order chi connectivity index (χ1) is 8.49.